The molecule has 8 heteroatoms. The van der Waals surface area contributed by atoms with E-state index in [0.717, 1.165) is 40.9 Å². The quantitative estimate of drug-likeness (QED) is 0.410. The first-order valence-corrected chi connectivity index (χ1v) is 12.3. The summed E-state index contributed by atoms with van der Waals surface area (Å²) in [4.78, 5) is 39.1. The predicted octanol–water partition coefficient (Wildman–Crippen LogP) is 5.02. The lowest BCUT2D eigenvalue weighted by Crippen LogP contribution is -2.41. The van der Waals surface area contributed by atoms with E-state index in [1.54, 1.807) is 17.7 Å². The fourth-order valence-electron chi connectivity index (χ4n) is 4.35. The second kappa shape index (κ2) is 8.67. The number of benzene rings is 1. The van der Waals surface area contributed by atoms with Crippen molar-refractivity contribution in [2.45, 2.75) is 55.2 Å². The average Bonchev–Trinajstić information content (AvgIpc) is 3.08. The van der Waals surface area contributed by atoms with E-state index in [4.69, 9.17) is 0 Å². The van der Waals surface area contributed by atoms with Crippen LogP contribution in [0.1, 0.15) is 52.9 Å². The molecule has 2 aliphatic rings. The number of imide groups is 1. The van der Waals surface area contributed by atoms with Gasteiger partial charge in [-0.05, 0) is 68.4 Å². The van der Waals surface area contributed by atoms with Gasteiger partial charge in [0.15, 0.2) is 0 Å². The average molecular weight is 456 g/mol. The maximum Gasteiger partial charge on any atom is 0.260 e. The van der Waals surface area contributed by atoms with Gasteiger partial charge in [0.25, 0.3) is 5.91 Å². The van der Waals surface area contributed by atoms with Gasteiger partial charge < -0.3 is 0 Å². The normalized spacial score (nSPS) is 19.3. The van der Waals surface area contributed by atoms with Gasteiger partial charge in [-0.3, -0.25) is 14.5 Å². The van der Waals surface area contributed by atoms with Crippen LogP contribution in [0.3, 0.4) is 0 Å². The van der Waals surface area contributed by atoms with Crippen molar-refractivity contribution < 1.29 is 14.0 Å². The molecule has 5 nitrogen and oxygen atoms in total. The van der Waals surface area contributed by atoms with Gasteiger partial charge in [-0.2, -0.15) is 0 Å². The molecule has 1 fully saturated rings. The zero-order chi connectivity index (χ0) is 21.4. The molecule has 0 unspecified atom stereocenters. The first-order chi connectivity index (χ1) is 15.1. The van der Waals surface area contributed by atoms with Crippen LogP contribution in [0.15, 0.2) is 35.6 Å². The Balaban J connectivity index is 1.44. The molecule has 0 bridgehead atoms. The largest absolute Gasteiger partial charge is 0.278 e. The summed E-state index contributed by atoms with van der Waals surface area (Å²) in [7, 11) is 0. The SMILES string of the molecule is O=C(c1ccc(F)cc1)N1CCCC[C@H](Sc2ncnc3sc4c(c23)CCCC4)C1=O. The highest BCUT2D eigenvalue weighted by atomic mass is 32.2. The first-order valence-electron chi connectivity index (χ1n) is 10.6. The molecule has 160 valence electrons. The summed E-state index contributed by atoms with van der Waals surface area (Å²) in [5.74, 6) is -0.954. The molecule has 1 aliphatic heterocycles. The van der Waals surface area contributed by atoms with E-state index in [2.05, 4.69) is 9.97 Å². The van der Waals surface area contributed by atoms with E-state index in [0.29, 0.717) is 18.5 Å². The zero-order valence-electron chi connectivity index (χ0n) is 17.0. The smallest absolute Gasteiger partial charge is 0.260 e. The van der Waals surface area contributed by atoms with Gasteiger partial charge >= 0.3 is 0 Å². The number of likely N-dealkylation sites (tertiary alicyclic amines) is 1. The molecule has 2 amide bonds. The van der Waals surface area contributed by atoms with Crippen molar-refractivity contribution in [2.24, 2.45) is 0 Å². The summed E-state index contributed by atoms with van der Waals surface area (Å²) in [6.45, 7) is 0.388. The number of fused-ring (bicyclic) bond motifs is 3. The third-order valence-electron chi connectivity index (χ3n) is 5.95. The molecule has 0 spiro atoms. The summed E-state index contributed by atoms with van der Waals surface area (Å²) < 4.78 is 13.3. The van der Waals surface area contributed by atoms with Gasteiger partial charge in [-0.15, -0.1) is 11.3 Å². The van der Waals surface area contributed by atoms with Crippen LogP contribution >= 0.6 is 23.1 Å². The lowest BCUT2D eigenvalue weighted by Gasteiger charge is -2.22. The molecule has 1 saturated heterocycles. The minimum absolute atomic E-state index is 0.187. The number of halogens is 1. The number of thiophene rings is 1. The molecule has 5 rings (SSSR count). The standard InChI is InChI=1S/C23H22FN3O2S2/c24-15-10-8-14(9-11-15)22(28)27-12-4-3-7-18(23(27)29)31-21-19-16-5-1-2-6-17(16)30-20(19)25-13-26-21/h8-11,13,18H,1-7,12H2/t18-/m0/s1. The van der Waals surface area contributed by atoms with Crippen molar-refractivity contribution in [1.82, 2.24) is 14.9 Å². The van der Waals surface area contributed by atoms with Gasteiger partial charge in [-0.25, -0.2) is 14.4 Å². The summed E-state index contributed by atoms with van der Waals surface area (Å²) >= 11 is 3.20. The lowest BCUT2D eigenvalue weighted by molar-refractivity contribution is -0.127. The van der Waals surface area contributed by atoms with Crippen LogP contribution < -0.4 is 0 Å². The van der Waals surface area contributed by atoms with Crippen LogP contribution in [-0.4, -0.2) is 38.5 Å². The Kier molecular flexibility index (Phi) is 5.75. The number of aromatic nitrogens is 2. The Hall–Kier alpha value is -2.32. The number of aryl methyl sites for hydroxylation is 2. The van der Waals surface area contributed by atoms with Crippen LogP contribution in [0.5, 0.6) is 0 Å². The monoisotopic (exact) mass is 455 g/mol. The topological polar surface area (TPSA) is 63.2 Å². The molecular formula is C23H22FN3O2S2. The van der Waals surface area contributed by atoms with Crippen LogP contribution in [0.4, 0.5) is 4.39 Å². The molecular weight excluding hydrogens is 433 g/mol. The Morgan fingerprint density at radius 1 is 1.10 bits per heavy atom. The molecule has 0 saturated carbocycles. The maximum absolute atomic E-state index is 13.4. The number of hydrogen-bond acceptors (Lipinski definition) is 6. The Morgan fingerprint density at radius 3 is 2.74 bits per heavy atom. The summed E-state index contributed by atoms with van der Waals surface area (Å²) in [6, 6.07) is 5.37. The van der Waals surface area contributed by atoms with E-state index >= 15 is 0 Å². The minimum Gasteiger partial charge on any atom is -0.278 e. The third kappa shape index (κ3) is 3.99. The number of carbonyl (C=O) groups is 2. The Labute approximate surface area is 188 Å². The zero-order valence-corrected chi connectivity index (χ0v) is 18.6. The summed E-state index contributed by atoms with van der Waals surface area (Å²) in [5, 5.41) is 1.57. The molecule has 0 N–H and O–H groups in total. The summed E-state index contributed by atoms with van der Waals surface area (Å²) in [6.07, 6.45) is 8.41. The van der Waals surface area contributed by atoms with Gasteiger partial charge in [0.05, 0.1) is 5.25 Å². The highest BCUT2D eigenvalue weighted by Gasteiger charge is 2.33. The van der Waals surface area contributed by atoms with Gasteiger partial charge in [0, 0.05) is 22.4 Å². The van der Waals surface area contributed by atoms with E-state index in [9.17, 15) is 14.0 Å². The molecule has 31 heavy (non-hydrogen) atoms. The van der Waals surface area contributed by atoms with Crippen molar-refractivity contribution >= 4 is 45.1 Å². The molecule has 1 atom stereocenters. The fourth-order valence-corrected chi connectivity index (χ4v) is 6.87. The Bertz CT molecular complexity index is 1150. The van der Waals surface area contributed by atoms with Crippen LogP contribution in [-0.2, 0) is 17.6 Å². The van der Waals surface area contributed by atoms with E-state index in [1.807, 2.05) is 0 Å². The molecule has 2 aromatic heterocycles. The fraction of sp³-hybridized carbons (Fsp3) is 0.391. The van der Waals surface area contributed by atoms with Crippen molar-refractivity contribution in [3.8, 4) is 0 Å². The van der Waals surface area contributed by atoms with Crippen molar-refractivity contribution in [1.29, 1.82) is 0 Å². The third-order valence-corrected chi connectivity index (χ3v) is 8.40. The highest BCUT2D eigenvalue weighted by molar-refractivity contribution is 8.00. The first kappa shape index (κ1) is 20.6. The number of thioether (sulfide) groups is 1. The predicted molar refractivity (Wildman–Crippen MR) is 120 cm³/mol. The van der Waals surface area contributed by atoms with E-state index in [1.165, 1.54) is 64.2 Å². The highest BCUT2D eigenvalue weighted by Crippen LogP contribution is 2.41. The Morgan fingerprint density at radius 2 is 1.90 bits per heavy atom. The lowest BCUT2D eigenvalue weighted by atomic mass is 9.97. The minimum atomic E-state index is -0.404. The van der Waals surface area contributed by atoms with Gasteiger partial charge in [0.2, 0.25) is 5.91 Å². The number of nitrogens with zero attached hydrogens (tertiary/aromatic N) is 3. The number of amides is 2. The molecule has 0 radical (unpaired) electrons. The molecule has 3 aromatic rings. The van der Waals surface area contributed by atoms with Gasteiger partial charge in [-0.1, -0.05) is 18.2 Å². The van der Waals surface area contributed by atoms with E-state index in [-0.39, 0.29) is 17.1 Å². The second-order valence-electron chi connectivity index (χ2n) is 7.97. The number of hydrogen-bond donors (Lipinski definition) is 0. The number of carbonyl (C=O) groups excluding carboxylic acids is 2. The van der Waals surface area contributed by atoms with Crippen LogP contribution in [0.2, 0.25) is 0 Å². The van der Waals surface area contributed by atoms with Crippen molar-refractivity contribution in [3.05, 3.63) is 52.4 Å². The molecule has 1 aromatic carbocycles. The maximum atomic E-state index is 13.4. The van der Waals surface area contributed by atoms with Crippen LogP contribution in [0, 0.1) is 5.82 Å². The second-order valence-corrected chi connectivity index (χ2v) is 10.2. The van der Waals surface area contributed by atoms with E-state index < -0.39 is 5.82 Å². The van der Waals surface area contributed by atoms with Crippen molar-refractivity contribution in [2.75, 3.05) is 6.54 Å². The van der Waals surface area contributed by atoms with Crippen molar-refractivity contribution in [3.63, 3.8) is 0 Å². The molecule has 1 aliphatic carbocycles. The van der Waals surface area contributed by atoms with Crippen LogP contribution in [0.25, 0.3) is 10.2 Å². The number of rotatable bonds is 3. The summed E-state index contributed by atoms with van der Waals surface area (Å²) in [5.41, 5.74) is 1.67. The molecule has 3 heterocycles. The van der Waals surface area contributed by atoms with Gasteiger partial charge in [0.1, 0.15) is 22.0 Å².